The fourth-order valence-corrected chi connectivity index (χ4v) is 5.05. The van der Waals surface area contributed by atoms with Crippen molar-refractivity contribution in [2.24, 2.45) is 7.05 Å². The lowest BCUT2D eigenvalue weighted by atomic mass is 9.82. The summed E-state index contributed by atoms with van der Waals surface area (Å²) < 4.78 is 17.8. The number of hydrogen-bond acceptors (Lipinski definition) is 4. The van der Waals surface area contributed by atoms with Crippen LogP contribution in [0.15, 0.2) is 36.8 Å². The largest absolute Gasteiger partial charge is 0.320 e. The lowest BCUT2D eigenvalue weighted by Gasteiger charge is -2.33. The van der Waals surface area contributed by atoms with Crippen molar-refractivity contribution in [1.29, 1.82) is 0 Å². The first kappa shape index (κ1) is 20.6. The number of halogens is 1. The summed E-state index contributed by atoms with van der Waals surface area (Å²) in [6.07, 6.45) is 7.46. The van der Waals surface area contributed by atoms with E-state index in [4.69, 9.17) is 0 Å². The van der Waals surface area contributed by atoms with Gasteiger partial charge in [-0.15, -0.1) is 0 Å². The monoisotopic (exact) mass is 434 g/mol. The number of rotatable bonds is 3. The summed E-state index contributed by atoms with van der Waals surface area (Å²) in [6, 6.07) is 6.07. The van der Waals surface area contributed by atoms with Gasteiger partial charge in [0.05, 0.1) is 16.9 Å². The van der Waals surface area contributed by atoms with E-state index < -0.39 is 5.82 Å². The van der Waals surface area contributed by atoms with Gasteiger partial charge in [0, 0.05) is 49.2 Å². The molecule has 3 aromatic heterocycles. The van der Waals surface area contributed by atoms with Gasteiger partial charge in [-0.1, -0.05) is 6.07 Å². The second-order valence-corrected chi connectivity index (χ2v) is 9.05. The summed E-state index contributed by atoms with van der Waals surface area (Å²) in [5.74, 6) is -0.391. The molecule has 0 aliphatic carbocycles. The molecule has 4 aromatic rings. The number of piperidine rings is 1. The Kier molecular flexibility index (Phi) is 4.97. The smallest absolute Gasteiger partial charge is 0.257 e. The summed E-state index contributed by atoms with van der Waals surface area (Å²) in [7, 11) is 1.86. The fraction of sp³-hybridized carbons (Fsp3) is 0.375. The minimum atomic E-state index is -0.483. The number of hydrogen-bond donors (Lipinski definition) is 2. The number of fused-ring (bicyclic) bond motifs is 2. The Bertz CT molecular complexity index is 1330. The predicted octanol–water partition coefficient (Wildman–Crippen LogP) is 4.16. The molecule has 0 bridgehead atoms. The summed E-state index contributed by atoms with van der Waals surface area (Å²) in [5, 5.41) is 12.0. The third-order valence-electron chi connectivity index (χ3n) is 6.24. The maximum atomic E-state index is 14.4. The number of nitrogens with one attached hydrogen (secondary N) is 2. The number of aryl methyl sites for hydroxylation is 2. The second kappa shape index (κ2) is 7.70. The van der Waals surface area contributed by atoms with Crippen molar-refractivity contribution in [3.63, 3.8) is 0 Å². The molecule has 5 rings (SSSR count). The molecule has 2 N–H and O–H groups in total. The average Bonchev–Trinajstić information content (AvgIpc) is 3.28. The van der Waals surface area contributed by atoms with E-state index in [1.54, 1.807) is 28.4 Å². The average molecular weight is 435 g/mol. The van der Waals surface area contributed by atoms with Crippen molar-refractivity contribution in [1.82, 2.24) is 24.5 Å². The number of aromatic nitrogens is 4. The lowest BCUT2D eigenvalue weighted by Crippen LogP contribution is -2.41. The molecule has 166 valence electrons. The number of anilines is 1. The van der Waals surface area contributed by atoms with Gasteiger partial charge in [-0.25, -0.2) is 9.37 Å². The zero-order chi connectivity index (χ0) is 22.6. The summed E-state index contributed by atoms with van der Waals surface area (Å²) in [4.78, 5) is 17.3. The van der Waals surface area contributed by atoms with E-state index >= 15 is 0 Å². The number of carbonyl (C=O) groups is 1. The molecule has 7 nitrogen and oxygen atoms in total. The van der Waals surface area contributed by atoms with Crippen molar-refractivity contribution in [3.8, 4) is 0 Å². The molecule has 0 radical (unpaired) electrons. The van der Waals surface area contributed by atoms with Crippen LogP contribution in [0.25, 0.3) is 16.6 Å². The molecule has 1 amide bonds. The standard InChI is InChI=1S/C24H27FN6O/c1-13-7-16(8-14(2)26-13)18-5-6-19(22-20(18)12-30(4)29-22)24(32)28-17-9-21(25)23-27-15(3)10-31(23)11-17/h5-6,9-14,16,26H,7-8H2,1-4H3,(H,28,32)/t13-,14-/m0/s1. The van der Waals surface area contributed by atoms with E-state index in [0.29, 0.717) is 40.5 Å². The van der Waals surface area contributed by atoms with Crippen LogP contribution in [0.1, 0.15) is 54.2 Å². The number of imidazole rings is 1. The Morgan fingerprint density at radius 3 is 2.69 bits per heavy atom. The molecule has 2 atom stereocenters. The van der Waals surface area contributed by atoms with Gasteiger partial charge < -0.3 is 15.0 Å². The van der Waals surface area contributed by atoms with E-state index in [0.717, 1.165) is 18.2 Å². The molecule has 1 fully saturated rings. The van der Waals surface area contributed by atoms with Crippen LogP contribution >= 0.6 is 0 Å². The lowest BCUT2D eigenvalue weighted by molar-refractivity contribution is 0.102. The van der Waals surface area contributed by atoms with E-state index in [9.17, 15) is 9.18 Å². The van der Waals surface area contributed by atoms with Gasteiger partial charge in [-0.05, 0) is 51.2 Å². The number of carbonyl (C=O) groups excluding carboxylic acids is 1. The van der Waals surface area contributed by atoms with Gasteiger partial charge in [-0.2, -0.15) is 5.10 Å². The zero-order valence-electron chi connectivity index (χ0n) is 18.7. The van der Waals surface area contributed by atoms with Crippen molar-refractivity contribution >= 4 is 28.1 Å². The van der Waals surface area contributed by atoms with E-state index in [1.807, 2.05) is 19.3 Å². The number of pyridine rings is 1. The van der Waals surface area contributed by atoms with Crippen LogP contribution < -0.4 is 10.6 Å². The van der Waals surface area contributed by atoms with Gasteiger partial charge >= 0.3 is 0 Å². The molecule has 1 saturated heterocycles. The number of amides is 1. The van der Waals surface area contributed by atoms with Crippen LogP contribution in [0.3, 0.4) is 0 Å². The van der Waals surface area contributed by atoms with Gasteiger partial charge in [-0.3, -0.25) is 9.48 Å². The first-order valence-corrected chi connectivity index (χ1v) is 11.0. The van der Waals surface area contributed by atoms with Gasteiger partial charge in [0.15, 0.2) is 11.5 Å². The van der Waals surface area contributed by atoms with Crippen molar-refractivity contribution in [2.45, 2.75) is 51.6 Å². The molecule has 8 heteroatoms. The van der Waals surface area contributed by atoms with E-state index in [2.05, 4.69) is 40.6 Å². The zero-order valence-corrected chi connectivity index (χ0v) is 18.7. The Morgan fingerprint density at radius 1 is 1.19 bits per heavy atom. The van der Waals surface area contributed by atoms with Crippen LogP contribution in [-0.2, 0) is 7.05 Å². The molecule has 0 unspecified atom stereocenters. The first-order valence-electron chi connectivity index (χ1n) is 11.0. The minimum absolute atomic E-state index is 0.238. The highest BCUT2D eigenvalue weighted by Crippen LogP contribution is 2.35. The third kappa shape index (κ3) is 3.64. The second-order valence-electron chi connectivity index (χ2n) is 9.05. The SMILES string of the molecule is Cc1cn2cc(NC(=O)c3ccc(C4C[C@H](C)N[C@@H](C)C4)c4cn(C)nc34)cc(F)c2n1. The van der Waals surface area contributed by atoms with Crippen LogP contribution in [0.2, 0.25) is 0 Å². The van der Waals surface area contributed by atoms with Gasteiger partial charge in [0.25, 0.3) is 5.91 Å². The van der Waals surface area contributed by atoms with Crippen LogP contribution in [0.4, 0.5) is 10.1 Å². The molecule has 1 aliphatic rings. The molecule has 0 spiro atoms. The highest BCUT2D eigenvalue weighted by atomic mass is 19.1. The molecule has 0 saturated carbocycles. The van der Waals surface area contributed by atoms with Gasteiger partial charge in [0.2, 0.25) is 0 Å². The highest BCUT2D eigenvalue weighted by molar-refractivity contribution is 6.12. The topological polar surface area (TPSA) is 76.2 Å². The number of benzene rings is 1. The molecule has 4 heterocycles. The van der Waals surface area contributed by atoms with E-state index in [1.165, 1.54) is 11.6 Å². The number of nitrogens with zero attached hydrogens (tertiary/aromatic N) is 4. The van der Waals surface area contributed by atoms with Crippen LogP contribution in [0.5, 0.6) is 0 Å². The molecule has 1 aliphatic heterocycles. The Labute approximate surface area is 185 Å². The molecular weight excluding hydrogens is 407 g/mol. The summed E-state index contributed by atoms with van der Waals surface area (Å²) >= 11 is 0. The Balaban J connectivity index is 1.50. The van der Waals surface area contributed by atoms with Crippen molar-refractivity contribution in [3.05, 3.63) is 59.4 Å². The maximum Gasteiger partial charge on any atom is 0.257 e. The van der Waals surface area contributed by atoms with Gasteiger partial charge in [0.1, 0.15) is 5.52 Å². The van der Waals surface area contributed by atoms with Crippen molar-refractivity contribution in [2.75, 3.05) is 5.32 Å². The minimum Gasteiger partial charge on any atom is -0.320 e. The maximum absolute atomic E-state index is 14.4. The quantitative estimate of drug-likeness (QED) is 0.508. The normalized spacial score (nSPS) is 21.3. The summed E-state index contributed by atoms with van der Waals surface area (Å²) in [6.45, 7) is 6.22. The highest BCUT2D eigenvalue weighted by Gasteiger charge is 2.27. The molecule has 32 heavy (non-hydrogen) atoms. The Hall–Kier alpha value is -3.26. The first-order chi connectivity index (χ1) is 15.3. The molecule has 1 aromatic carbocycles. The van der Waals surface area contributed by atoms with Crippen LogP contribution in [-0.4, -0.2) is 37.2 Å². The van der Waals surface area contributed by atoms with Crippen molar-refractivity contribution < 1.29 is 9.18 Å². The molecular formula is C24H27FN6O. The third-order valence-corrected chi connectivity index (χ3v) is 6.24. The Morgan fingerprint density at radius 2 is 1.94 bits per heavy atom. The fourth-order valence-electron chi connectivity index (χ4n) is 5.05. The predicted molar refractivity (Wildman–Crippen MR) is 123 cm³/mol. The van der Waals surface area contributed by atoms with Crippen LogP contribution in [0, 0.1) is 12.7 Å². The summed E-state index contributed by atoms with van der Waals surface area (Å²) in [5.41, 5.74) is 3.68. The van der Waals surface area contributed by atoms with E-state index in [-0.39, 0.29) is 11.6 Å².